The molecule has 0 aliphatic heterocycles. The molecule has 0 N–H and O–H groups in total. The minimum Gasteiger partial charge on any atom is -0.481 e. The molecule has 1 rings (SSSR count). The molecule has 0 aliphatic rings. The normalized spacial score (nSPS) is 10.7. The standard InChI is InChI=1S/C10H7F3O/c1-2-6-14-9-5-3-4-8(7-9)10(11,12)13/h1,3-5,7H,6H2. The van der Waals surface area contributed by atoms with Crippen molar-refractivity contribution in [3.63, 3.8) is 0 Å². The molecule has 1 nitrogen and oxygen atoms in total. The van der Waals surface area contributed by atoms with Crippen molar-refractivity contribution in [2.75, 3.05) is 6.61 Å². The van der Waals surface area contributed by atoms with Gasteiger partial charge in [0.05, 0.1) is 5.56 Å². The molecule has 0 saturated heterocycles. The van der Waals surface area contributed by atoms with E-state index in [1.54, 1.807) is 0 Å². The van der Waals surface area contributed by atoms with Crippen LogP contribution in [0.1, 0.15) is 5.56 Å². The van der Waals surface area contributed by atoms with Gasteiger partial charge in [-0.2, -0.15) is 13.2 Å². The number of rotatable bonds is 2. The third kappa shape index (κ3) is 2.70. The lowest BCUT2D eigenvalue weighted by Gasteiger charge is -2.08. The monoisotopic (exact) mass is 200 g/mol. The van der Waals surface area contributed by atoms with Crippen LogP contribution in [0.4, 0.5) is 13.2 Å². The van der Waals surface area contributed by atoms with E-state index in [1.807, 2.05) is 0 Å². The van der Waals surface area contributed by atoms with Gasteiger partial charge >= 0.3 is 6.18 Å². The molecular weight excluding hydrogens is 193 g/mol. The van der Waals surface area contributed by atoms with Crippen LogP contribution in [0.2, 0.25) is 0 Å². The summed E-state index contributed by atoms with van der Waals surface area (Å²) in [6.45, 7) is -0.0404. The maximum absolute atomic E-state index is 12.2. The van der Waals surface area contributed by atoms with Crippen LogP contribution in [0, 0.1) is 12.3 Å². The molecule has 4 heteroatoms. The summed E-state index contributed by atoms with van der Waals surface area (Å²) >= 11 is 0. The van der Waals surface area contributed by atoms with E-state index >= 15 is 0 Å². The van der Waals surface area contributed by atoms with E-state index in [1.165, 1.54) is 12.1 Å². The Labute approximate surface area is 79.5 Å². The van der Waals surface area contributed by atoms with Crippen LogP contribution in [0.25, 0.3) is 0 Å². The minimum absolute atomic E-state index is 0.0404. The average molecular weight is 200 g/mol. The van der Waals surface area contributed by atoms with Crippen LogP contribution in [0.3, 0.4) is 0 Å². The highest BCUT2D eigenvalue weighted by Gasteiger charge is 2.30. The summed E-state index contributed by atoms with van der Waals surface area (Å²) in [7, 11) is 0. The van der Waals surface area contributed by atoms with E-state index in [4.69, 9.17) is 11.2 Å². The van der Waals surface area contributed by atoms with Gasteiger partial charge in [-0.1, -0.05) is 12.0 Å². The first-order chi connectivity index (χ1) is 6.54. The van der Waals surface area contributed by atoms with Crippen LogP contribution < -0.4 is 4.74 Å². The van der Waals surface area contributed by atoms with E-state index in [9.17, 15) is 13.2 Å². The number of hydrogen-bond donors (Lipinski definition) is 0. The Morgan fingerprint density at radius 1 is 1.36 bits per heavy atom. The Bertz CT molecular complexity index is 349. The molecule has 0 aromatic heterocycles. The maximum Gasteiger partial charge on any atom is 0.416 e. The largest absolute Gasteiger partial charge is 0.481 e. The Balaban J connectivity index is 2.86. The molecule has 0 unspecified atom stereocenters. The number of hydrogen-bond acceptors (Lipinski definition) is 1. The van der Waals surface area contributed by atoms with Gasteiger partial charge in [0.2, 0.25) is 0 Å². The molecule has 0 aliphatic carbocycles. The van der Waals surface area contributed by atoms with Gasteiger partial charge in [0, 0.05) is 0 Å². The Hall–Kier alpha value is -1.63. The van der Waals surface area contributed by atoms with Crippen LogP contribution >= 0.6 is 0 Å². The highest BCUT2D eigenvalue weighted by molar-refractivity contribution is 5.30. The fraction of sp³-hybridized carbons (Fsp3) is 0.200. The minimum atomic E-state index is -4.35. The van der Waals surface area contributed by atoms with Crippen molar-refractivity contribution < 1.29 is 17.9 Å². The Kier molecular flexibility index (Phi) is 3.03. The zero-order valence-corrected chi connectivity index (χ0v) is 7.14. The van der Waals surface area contributed by atoms with Crippen LogP contribution in [-0.4, -0.2) is 6.61 Å². The molecule has 0 bridgehead atoms. The van der Waals surface area contributed by atoms with Gasteiger partial charge in [0.15, 0.2) is 0 Å². The predicted octanol–water partition coefficient (Wildman–Crippen LogP) is 2.72. The van der Waals surface area contributed by atoms with Gasteiger partial charge in [0.25, 0.3) is 0 Å². The molecular formula is C10H7F3O. The van der Waals surface area contributed by atoms with Crippen LogP contribution in [-0.2, 0) is 6.18 Å². The van der Waals surface area contributed by atoms with E-state index in [-0.39, 0.29) is 12.4 Å². The van der Waals surface area contributed by atoms with E-state index in [0.29, 0.717) is 0 Å². The lowest BCUT2D eigenvalue weighted by Crippen LogP contribution is -2.05. The first-order valence-electron chi connectivity index (χ1n) is 3.77. The van der Waals surface area contributed by atoms with Crippen molar-refractivity contribution in [2.24, 2.45) is 0 Å². The van der Waals surface area contributed by atoms with Crippen molar-refractivity contribution in [1.29, 1.82) is 0 Å². The van der Waals surface area contributed by atoms with Crippen molar-refractivity contribution in [1.82, 2.24) is 0 Å². The summed E-state index contributed by atoms with van der Waals surface area (Å²) in [6, 6.07) is 4.58. The molecule has 14 heavy (non-hydrogen) atoms. The molecule has 0 atom stereocenters. The van der Waals surface area contributed by atoms with Gasteiger partial charge in [0.1, 0.15) is 12.4 Å². The quantitative estimate of drug-likeness (QED) is 0.667. The summed E-state index contributed by atoms with van der Waals surface area (Å²) < 4.78 is 41.4. The molecule has 0 spiro atoms. The average Bonchev–Trinajstić information content (AvgIpc) is 2.14. The number of ether oxygens (including phenoxy) is 1. The van der Waals surface area contributed by atoms with Gasteiger partial charge in [-0.15, -0.1) is 6.42 Å². The molecule has 74 valence electrons. The molecule has 1 aromatic rings. The summed E-state index contributed by atoms with van der Waals surface area (Å²) in [5, 5.41) is 0. The summed E-state index contributed by atoms with van der Waals surface area (Å²) in [4.78, 5) is 0. The first-order valence-corrected chi connectivity index (χ1v) is 3.77. The smallest absolute Gasteiger partial charge is 0.416 e. The molecule has 1 aromatic carbocycles. The summed E-state index contributed by atoms with van der Waals surface area (Å²) in [6.07, 6.45) is 0.551. The van der Waals surface area contributed by atoms with Gasteiger partial charge in [-0.25, -0.2) is 0 Å². The molecule has 0 fully saturated rings. The van der Waals surface area contributed by atoms with Crippen LogP contribution in [0.5, 0.6) is 5.75 Å². The SMILES string of the molecule is C#CCOc1cccc(C(F)(F)F)c1. The number of benzene rings is 1. The second-order valence-corrected chi connectivity index (χ2v) is 2.52. The van der Waals surface area contributed by atoms with Crippen molar-refractivity contribution in [2.45, 2.75) is 6.18 Å². The lowest BCUT2D eigenvalue weighted by atomic mass is 10.2. The zero-order chi connectivity index (χ0) is 10.6. The summed E-state index contributed by atoms with van der Waals surface area (Å²) in [5.41, 5.74) is -0.743. The molecule has 0 saturated carbocycles. The zero-order valence-electron chi connectivity index (χ0n) is 7.14. The van der Waals surface area contributed by atoms with Gasteiger partial charge in [-0.3, -0.25) is 0 Å². The maximum atomic E-state index is 12.2. The van der Waals surface area contributed by atoms with E-state index in [0.717, 1.165) is 12.1 Å². The lowest BCUT2D eigenvalue weighted by molar-refractivity contribution is -0.137. The Morgan fingerprint density at radius 3 is 2.64 bits per heavy atom. The highest BCUT2D eigenvalue weighted by Crippen LogP contribution is 2.31. The molecule has 0 radical (unpaired) electrons. The predicted molar refractivity (Wildman–Crippen MR) is 45.8 cm³/mol. The third-order valence-electron chi connectivity index (χ3n) is 1.48. The second kappa shape index (κ2) is 4.05. The number of halogens is 3. The number of terminal acetylenes is 1. The summed E-state index contributed by atoms with van der Waals surface area (Å²) in [5.74, 6) is 2.29. The number of alkyl halides is 3. The first kappa shape index (κ1) is 10.5. The topological polar surface area (TPSA) is 9.23 Å². The van der Waals surface area contributed by atoms with E-state index in [2.05, 4.69) is 5.92 Å². The van der Waals surface area contributed by atoms with Gasteiger partial charge < -0.3 is 4.74 Å². The van der Waals surface area contributed by atoms with Crippen LogP contribution in [0.15, 0.2) is 24.3 Å². The highest BCUT2D eigenvalue weighted by atomic mass is 19.4. The fourth-order valence-corrected chi connectivity index (χ4v) is 0.887. The molecule has 0 amide bonds. The van der Waals surface area contributed by atoms with Crippen molar-refractivity contribution >= 4 is 0 Å². The second-order valence-electron chi connectivity index (χ2n) is 2.52. The van der Waals surface area contributed by atoms with Gasteiger partial charge in [-0.05, 0) is 18.2 Å². The molecule has 0 heterocycles. The van der Waals surface area contributed by atoms with E-state index < -0.39 is 11.7 Å². The Morgan fingerprint density at radius 2 is 2.07 bits per heavy atom. The third-order valence-corrected chi connectivity index (χ3v) is 1.48. The fourth-order valence-electron chi connectivity index (χ4n) is 0.887. The van der Waals surface area contributed by atoms with Crippen molar-refractivity contribution in [3.8, 4) is 18.1 Å². The van der Waals surface area contributed by atoms with Crippen molar-refractivity contribution in [3.05, 3.63) is 29.8 Å².